The molecule has 1 aromatic rings. The van der Waals surface area contributed by atoms with Crippen LogP contribution in [0.3, 0.4) is 0 Å². The van der Waals surface area contributed by atoms with E-state index in [4.69, 9.17) is 0 Å². The van der Waals surface area contributed by atoms with E-state index in [-0.39, 0.29) is 30.1 Å². The van der Waals surface area contributed by atoms with Gasteiger partial charge in [0.2, 0.25) is 5.91 Å². The summed E-state index contributed by atoms with van der Waals surface area (Å²) in [5.74, 6) is -2.40. The topological polar surface area (TPSA) is 90.0 Å². The highest BCUT2D eigenvalue weighted by molar-refractivity contribution is 5.90. The first kappa shape index (κ1) is 20.1. The maximum atomic E-state index is 13.8. The van der Waals surface area contributed by atoms with Gasteiger partial charge in [-0.15, -0.1) is 0 Å². The number of hydrogen-bond donors (Lipinski definition) is 2. The Morgan fingerprint density at radius 2 is 1.86 bits per heavy atom. The Morgan fingerprint density at radius 3 is 2.57 bits per heavy atom. The van der Waals surface area contributed by atoms with Crippen LogP contribution in [0.2, 0.25) is 0 Å². The fourth-order valence-corrected chi connectivity index (χ4v) is 4.14. The Hall–Kier alpha value is -2.64. The number of amides is 3. The number of rotatable bonds is 3. The molecule has 1 aromatic carbocycles. The van der Waals surface area contributed by atoms with Crippen LogP contribution in [-0.4, -0.2) is 58.5 Å². The molecule has 0 aromatic heterocycles. The Kier molecular flexibility index (Phi) is 6.16. The van der Waals surface area contributed by atoms with E-state index < -0.39 is 23.7 Å². The summed E-state index contributed by atoms with van der Waals surface area (Å²) in [6.07, 6.45) is 2.56. The van der Waals surface area contributed by atoms with Gasteiger partial charge in [-0.3, -0.25) is 9.59 Å². The molecule has 2 N–H and O–H groups in total. The number of carboxylic acid groups (broad SMARTS) is 1. The lowest BCUT2D eigenvalue weighted by Crippen LogP contribution is -2.54. The van der Waals surface area contributed by atoms with Crippen LogP contribution in [-0.2, 0) is 9.59 Å². The number of aliphatic carboxylic acids is 1. The number of nitrogens with zero attached hydrogens (tertiary/aromatic N) is 2. The summed E-state index contributed by atoms with van der Waals surface area (Å²) in [5.41, 5.74) is 0.106. The normalized spacial score (nSPS) is 25.3. The van der Waals surface area contributed by atoms with Crippen LogP contribution in [0.5, 0.6) is 0 Å². The molecule has 0 aliphatic carbocycles. The van der Waals surface area contributed by atoms with Gasteiger partial charge in [0.05, 0.1) is 17.5 Å². The molecule has 7 nitrogen and oxygen atoms in total. The number of carbonyl (C=O) groups excluding carboxylic acids is 2. The number of anilines is 1. The number of para-hydroxylation sites is 1. The average Bonchev–Trinajstić information content (AvgIpc) is 2.69. The summed E-state index contributed by atoms with van der Waals surface area (Å²) in [7, 11) is 0. The second-order valence-corrected chi connectivity index (χ2v) is 7.55. The highest BCUT2D eigenvalue weighted by atomic mass is 19.1. The summed E-state index contributed by atoms with van der Waals surface area (Å²) < 4.78 is 13.8. The lowest BCUT2D eigenvalue weighted by molar-refractivity contribution is -0.151. The second-order valence-electron chi connectivity index (χ2n) is 7.55. The molecule has 8 heteroatoms. The molecule has 2 aliphatic heterocycles. The molecule has 3 atom stereocenters. The minimum absolute atomic E-state index is 0.0955. The van der Waals surface area contributed by atoms with Gasteiger partial charge >= 0.3 is 12.0 Å². The fraction of sp³-hybridized carbons (Fsp3) is 0.550. The van der Waals surface area contributed by atoms with Crippen molar-refractivity contribution in [2.45, 2.75) is 38.6 Å². The first-order valence-corrected chi connectivity index (χ1v) is 9.72. The van der Waals surface area contributed by atoms with Crippen molar-refractivity contribution < 1.29 is 23.9 Å². The standard InChI is InChI=1S/C20H26FN3O4/c1-13-15(19(26)27)7-5-11-24(13)18(25)14-6-4-10-23(12-14)20(28)22-17-9-3-2-8-16(17)21/h2-3,8-9,13-15H,4-7,10-12H2,1H3,(H,22,28)(H,26,27)/t13-,14?,15-/m1/s1. The van der Waals surface area contributed by atoms with Crippen LogP contribution in [0.25, 0.3) is 0 Å². The molecular weight excluding hydrogens is 365 g/mol. The molecule has 152 valence electrons. The number of carbonyl (C=O) groups is 3. The van der Waals surface area contributed by atoms with E-state index in [9.17, 15) is 23.9 Å². The Bertz CT molecular complexity index is 757. The van der Waals surface area contributed by atoms with Crippen LogP contribution in [0, 0.1) is 17.7 Å². The molecule has 3 amide bonds. The molecule has 2 fully saturated rings. The van der Waals surface area contributed by atoms with Crippen molar-refractivity contribution in [2.75, 3.05) is 25.0 Å². The maximum absolute atomic E-state index is 13.8. The number of likely N-dealkylation sites (tertiary alicyclic amines) is 2. The molecular formula is C20H26FN3O4. The van der Waals surface area contributed by atoms with Crippen molar-refractivity contribution in [3.63, 3.8) is 0 Å². The summed E-state index contributed by atoms with van der Waals surface area (Å²) in [6, 6.07) is 5.15. The van der Waals surface area contributed by atoms with E-state index >= 15 is 0 Å². The summed E-state index contributed by atoms with van der Waals surface area (Å²) in [4.78, 5) is 40.2. The van der Waals surface area contributed by atoms with Crippen molar-refractivity contribution in [1.82, 2.24) is 9.80 Å². The zero-order chi connectivity index (χ0) is 20.3. The third-order valence-corrected chi connectivity index (χ3v) is 5.76. The molecule has 0 saturated carbocycles. The monoisotopic (exact) mass is 391 g/mol. The zero-order valence-corrected chi connectivity index (χ0v) is 15.9. The van der Waals surface area contributed by atoms with Gasteiger partial charge in [0, 0.05) is 25.7 Å². The van der Waals surface area contributed by atoms with E-state index in [1.54, 1.807) is 24.0 Å². The van der Waals surface area contributed by atoms with Gasteiger partial charge in [0.25, 0.3) is 0 Å². The van der Waals surface area contributed by atoms with Crippen LogP contribution < -0.4 is 5.32 Å². The van der Waals surface area contributed by atoms with E-state index in [0.717, 1.165) is 0 Å². The molecule has 0 spiro atoms. The van der Waals surface area contributed by atoms with E-state index in [0.29, 0.717) is 38.8 Å². The van der Waals surface area contributed by atoms with Gasteiger partial charge in [-0.2, -0.15) is 0 Å². The quantitative estimate of drug-likeness (QED) is 0.829. The molecule has 28 heavy (non-hydrogen) atoms. The molecule has 1 unspecified atom stereocenters. The van der Waals surface area contributed by atoms with Crippen molar-refractivity contribution in [1.29, 1.82) is 0 Å². The average molecular weight is 391 g/mol. The maximum Gasteiger partial charge on any atom is 0.321 e. The number of urea groups is 1. The predicted octanol–water partition coefficient (Wildman–Crippen LogP) is 2.78. The van der Waals surface area contributed by atoms with Gasteiger partial charge in [0.1, 0.15) is 5.82 Å². The number of halogens is 1. The van der Waals surface area contributed by atoms with Crippen molar-refractivity contribution in [3.8, 4) is 0 Å². The SMILES string of the molecule is C[C@@H]1[C@H](C(=O)O)CCCN1C(=O)C1CCCN(C(=O)Nc2ccccc2F)C1. The van der Waals surface area contributed by atoms with Crippen LogP contribution in [0.15, 0.2) is 24.3 Å². The Balaban J connectivity index is 1.64. The number of nitrogens with one attached hydrogen (secondary N) is 1. The first-order chi connectivity index (χ1) is 13.4. The molecule has 2 aliphatic rings. The molecule has 3 rings (SSSR count). The van der Waals surface area contributed by atoms with Gasteiger partial charge in [-0.25, -0.2) is 9.18 Å². The van der Waals surface area contributed by atoms with E-state index in [1.165, 1.54) is 17.0 Å². The molecule has 0 radical (unpaired) electrons. The van der Waals surface area contributed by atoms with Crippen molar-refractivity contribution in [3.05, 3.63) is 30.1 Å². The minimum atomic E-state index is -0.875. The largest absolute Gasteiger partial charge is 0.481 e. The first-order valence-electron chi connectivity index (χ1n) is 9.72. The minimum Gasteiger partial charge on any atom is -0.481 e. The predicted molar refractivity (Wildman–Crippen MR) is 101 cm³/mol. The zero-order valence-electron chi connectivity index (χ0n) is 15.9. The van der Waals surface area contributed by atoms with Gasteiger partial charge in [0.15, 0.2) is 0 Å². The molecule has 0 bridgehead atoms. The molecule has 2 saturated heterocycles. The highest BCUT2D eigenvalue weighted by Gasteiger charge is 2.39. The Labute approximate surface area is 163 Å². The number of carboxylic acids is 1. The second kappa shape index (κ2) is 8.58. The van der Waals surface area contributed by atoms with Crippen LogP contribution in [0.1, 0.15) is 32.6 Å². The lowest BCUT2D eigenvalue weighted by atomic mass is 9.88. The highest BCUT2D eigenvalue weighted by Crippen LogP contribution is 2.28. The summed E-state index contributed by atoms with van der Waals surface area (Å²) in [6.45, 7) is 3.07. The van der Waals surface area contributed by atoms with Crippen molar-refractivity contribution >= 4 is 23.6 Å². The molecule has 2 heterocycles. The summed E-state index contributed by atoms with van der Waals surface area (Å²) in [5, 5.41) is 11.9. The van der Waals surface area contributed by atoms with Crippen molar-refractivity contribution in [2.24, 2.45) is 11.8 Å². The van der Waals surface area contributed by atoms with Gasteiger partial charge in [-0.05, 0) is 44.7 Å². The third-order valence-electron chi connectivity index (χ3n) is 5.76. The smallest absolute Gasteiger partial charge is 0.321 e. The number of benzene rings is 1. The van der Waals surface area contributed by atoms with Gasteiger partial charge < -0.3 is 20.2 Å². The van der Waals surface area contributed by atoms with Crippen LogP contribution >= 0.6 is 0 Å². The van der Waals surface area contributed by atoms with E-state index in [1.807, 2.05) is 0 Å². The fourth-order valence-electron chi connectivity index (χ4n) is 4.14. The Morgan fingerprint density at radius 1 is 1.14 bits per heavy atom. The lowest BCUT2D eigenvalue weighted by Gasteiger charge is -2.41. The summed E-state index contributed by atoms with van der Waals surface area (Å²) >= 11 is 0. The van der Waals surface area contributed by atoms with E-state index in [2.05, 4.69) is 5.32 Å². The van der Waals surface area contributed by atoms with Gasteiger partial charge in [-0.1, -0.05) is 12.1 Å². The van der Waals surface area contributed by atoms with Crippen LogP contribution in [0.4, 0.5) is 14.9 Å². The number of hydrogen-bond acceptors (Lipinski definition) is 3. The number of piperidine rings is 2. The third kappa shape index (κ3) is 4.26.